The fourth-order valence-electron chi connectivity index (χ4n) is 12.5. The van der Waals surface area contributed by atoms with E-state index in [1.165, 1.54) is 31.3 Å². The molecule has 0 radical (unpaired) electrons. The molecule has 8 aliphatic carbocycles. The van der Waals surface area contributed by atoms with Gasteiger partial charge in [-0.15, -0.1) is 0 Å². The third kappa shape index (κ3) is 4.42. The Balaban J connectivity index is 0.000000140. The third-order valence-corrected chi connectivity index (χ3v) is 15.3. The van der Waals surface area contributed by atoms with Gasteiger partial charge in [0.15, 0.2) is 0 Å². The van der Waals surface area contributed by atoms with E-state index in [0.717, 1.165) is 56.8 Å². The molecule has 4 fully saturated rings. The van der Waals surface area contributed by atoms with Crippen molar-refractivity contribution < 1.29 is 15.3 Å². The number of hydrogen-bond donors (Lipinski definition) is 5. The van der Waals surface area contributed by atoms with Crippen LogP contribution in [0.15, 0.2) is 47.6 Å². The third-order valence-electron chi connectivity index (χ3n) is 15.3. The molecule has 0 unspecified atom stereocenters. The first-order chi connectivity index (χ1) is 20.3. The van der Waals surface area contributed by atoms with E-state index in [4.69, 9.17) is 11.5 Å². The summed E-state index contributed by atoms with van der Waals surface area (Å²) in [5, 5.41) is 31.8. The summed E-state index contributed by atoms with van der Waals surface area (Å²) in [6.07, 6.45) is 25.0. The van der Waals surface area contributed by atoms with E-state index in [0.29, 0.717) is 17.8 Å². The standard InChI is InChI=1S/C19H29NO2.C19H29NO/c1-18-7-5-12(20)9-11(18)10-15(21)17-13-3-4-16(22)19(13,2)8-6-14(17)18;1-18-9-7-13(20)11-12(18)3-4-14-15-5-6-17(21)19(15,2)10-8-16(14)18/h5,7,10,12-17,21-22H,3-4,6,8-9,20H2,1-2H3;3,7,9,13-17,21H,4-6,8,10-11,20H2,1-2H3/t12-,13-,14-,15-,16-,17-,18-,19-;13-,14-,15-,16-,17-,18-,19-/m00/s1. The molecule has 5 heteroatoms. The Kier molecular flexibility index (Phi) is 7.35. The molecule has 0 aromatic carbocycles. The molecule has 0 aromatic heterocycles. The number of nitrogens with two attached hydrogens (primary N) is 2. The van der Waals surface area contributed by atoms with Gasteiger partial charge in [0.05, 0.1) is 18.3 Å². The maximum Gasteiger partial charge on any atom is 0.0757 e. The molecular weight excluding hydrogens is 532 g/mol. The molecule has 0 aromatic rings. The number of rotatable bonds is 0. The molecule has 4 saturated carbocycles. The molecule has 238 valence electrons. The lowest BCUT2D eigenvalue weighted by atomic mass is 9.48. The van der Waals surface area contributed by atoms with E-state index < -0.39 is 0 Å². The Morgan fingerprint density at radius 1 is 0.651 bits per heavy atom. The lowest BCUT2D eigenvalue weighted by Crippen LogP contribution is -2.54. The highest BCUT2D eigenvalue weighted by Gasteiger charge is 2.60. The second kappa shape index (κ2) is 10.4. The van der Waals surface area contributed by atoms with Crippen LogP contribution in [0.2, 0.25) is 0 Å². The second-order valence-corrected chi connectivity index (χ2v) is 17.1. The number of aliphatic hydroxyl groups excluding tert-OH is 3. The van der Waals surface area contributed by atoms with E-state index in [1.807, 2.05) is 0 Å². The van der Waals surface area contributed by atoms with Gasteiger partial charge >= 0.3 is 0 Å². The number of allylic oxidation sites excluding steroid dienone is 3. The van der Waals surface area contributed by atoms with Crippen LogP contribution >= 0.6 is 0 Å². The second-order valence-electron chi connectivity index (χ2n) is 17.1. The number of aliphatic hydroxyl groups is 3. The summed E-state index contributed by atoms with van der Waals surface area (Å²) in [4.78, 5) is 0. The average Bonchev–Trinajstić information content (AvgIpc) is 3.45. The van der Waals surface area contributed by atoms with Crippen LogP contribution in [0.25, 0.3) is 0 Å². The molecule has 0 bridgehead atoms. The van der Waals surface area contributed by atoms with Crippen molar-refractivity contribution in [3.63, 3.8) is 0 Å². The molecule has 8 aliphatic rings. The largest absolute Gasteiger partial charge is 0.393 e. The van der Waals surface area contributed by atoms with Gasteiger partial charge in [-0.2, -0.15) is 0 Å². The van der Waals surface area contributed by atoms with Crippen LogP contribution in [0, 0.1) is 57.2 Å². The van der Waals surface area contributed by atoms with Crippen LogP contribution in [0.1, 0.15) is 98.3 Å². The first kappa shape index (κ1) is 30.4. The molecular formula is C38H58N2O3. The van der Waals surface area contributed by atoms with E-state index in [1.54, 1.807) is 5.57 Å². The van der Waals surface area contributed by atoms with Crippen LogP contribution in [0.4, 0.5) is 0 Å². The molecule has 5 nitrogen and oxygen atoms in total. The van der Waals surface area contributed by atoms with Crippen LogP contribution < -0.4 is 11.5 Å². The molecule has 0 spiro atoms. The van der Waals surface area contributed by atoms with Crippen LogP contribution in [0.3, 0.4) is 0 Å². The van der Waals surface area contributed by atoms with Crippen molar-refractivity contribution in [1.82, 2.24) is 0 Å². The van der Waals surface area contributed by atoms with Crippen LogP contribution in [-0.4, -0.2) is 45.7 Å². The van der Waals surface area contributed by atoms with Gasteiger partial charge in [0.25, 0.3) is 0 Å². The van der Waals surface area contributed by atoms with E-state index in [-0.39, 0.29) is 58.0 Å². The smallest absolute Gasteiger partial charge is 0.0757 e. The van der Waals surface area contributed by atoms with Crippen molar-refractivity contribution in [2.75, 3.05) is 0 Å². The molecule has 43 heavy (non-hydrogen) atoms. The van der Waals surface area contributed by atoms with Gasteiger partial charge in [0.2, 0.25) is 0 Å². The zero-order valence-electron chi connectivity index (χ0n) is 27.1. The topological polar surface area (TPSA) is 113 Å². The SMILES string of the molecule is C[C@]12CC[C@H]3[C@@H](CC=C4C[C@@H](N)C=C[C@@]43C)[C@@H]1CC[C@@H]2O.C[C@]12CC[C@H]3[C@@H]([C@@H](O)C=C4C[C@@H](N)C=C[C@@]43C)[C@@H]1CC[C@@H]2O. The van der Waals surface area contributed by atoms with E-state index in [2.05, 4.69) is 64.2 Å². The van der Waals surface area contributed by atoms with Crippen molar-refractivity contribution in [2.45, 2.75) is 129 Å². The Morgan fingerprint density at radius 2 is 1.19 bits per heavy atom. The Labute approximate surface area is 260 Å². The van der Waals surface area contributed by atoms with Gasteiger partial charge in [-0.25, -0.2) is 0 Å². The molecule has 8 rings (SSSR count). The zero-order chi connectivity index (χ0) is 30.5. The van der Waals surface area contributed by atoms with Gasteiger partial charge < -0.3 is 26.8 Å². The van der Waals surface area contributed by atoms with Crippen molar-refractivity contribution >= 4 is 0 Å². The Bertz CT molecular complexity index is 1240. The Hall–Kier alpha value is -1.24. The summed E-state index contributed by atoms with van der Waals surface area (Å²) in [5.41, 5.74) is 15.6. The fraction of sp³-hybridized carbons (Fsp3) is 0.789. The predicted molar refractivity (Wildman–Crippen MR) is 173 cm³/mol. The van der Waals surface area contributed by atoms with E-state index >= 15 is 0 Å². The van der Waals surface area contributed by atoms with Gasteiger partial charge in [-0.05, 0) is 117 Å². The van der Waals surface area contributed by atoms with Gasteiger partial charge in [-0.1, -0.05) is 75.3 Å². The number of hydrogen-bond acceptors (Lipinski definition) is 5. The Morgan fingerprint density at radius 3 is 1.84 bits per heavy atom. The molecule has 0 saturated heterocycles. The highest BCUT2D eigenvalue weighted by atomic mass is 16.3. The lowest BCUT2D eigenvalue weighted by Gasteiger charge is -2.57. The highest BCUT2D eigenvalue weighted by molar-refractivity contribution is 5.35. The summed E-state index contributed by atoms with van der Waals surface area (Å²) >= 11 is 0. The minimum Gasteiger partial charge on any atom is -0.393 e. The van der Waals surface area contributed by atoms with Crippen molar-refractivity contribution in [2.24, 2.45) is 68.6 Å². The zero-order valence-corrected chi connectivity index (χ0v) is 27.1. The first-order valence-corrected chi connectivity index (χ1v) is 17.7. The summed E-state index contributed by atoms with van der Waals surface area (Å²) in [6, 6.07) is 0.299. The van der Waals surface area contributed by atoms with Crippen LogP contribution in [-0.2, 0) is 0 Å². The summed E-state index contributed by atoms with van der Waals surface area (Å²) < 4.78 is 0. The molecule has 0 amide bonds. The quantitative estimate of drug-likeness (QED) is 0.229. The summed E-state index contributed by atoms with van der Waals surface area (Å²) in [7, 11) is 0. The molecule has 15 atom stereocenters. The minimum absolute atomic E-state index is 0.00136. The van der Waals surface area contributed by atoms with E-state index in [9.17, 15) is 15.3 Å². The van der Waals surface area contributed by atoms with Crippen molar-refractivity contribution in [1.29, 1.82) is 0 Å². The predicted octanol–water partition coefficient (Wildman–Crippen LogP) is 5.80. The van der Waals surface area contributed by atoms with Gasteiger partial charge in [0, 0.05) is 22.9 Å². The lowest BCUT2D eigenvalue weighted by molar-refractivity contribution is -0.0898. The minimum atomic E-state index is -0.373. The first-order valence-electron chi connectivity index (χ1n) is 17.7. The monoisotopic (exact) mass is 590 g/mol. The van der Waals surface area contributed by atoms with Crippen molar-refractivity contribution in [3.05, 3.63) is 47.6 Å². The maximum atomic E-state index is 10.9. The maximum absolute atomic E-state index is 10.9. The highest BCUT2D eigenvalue weighted by Crippen LogP contribution is 2.65. The average molecular weight is 591 g/mol. The number of fused-ring (bicyclic) bond motifs is 10. The normalized spacial score (nSPS) is 56.2. The van der Waals surface area contributed by atoms with Gasteiger partial charge in [0.1, 0.15) is 0 Å². The van der Waals surface area contributed by atoms with Crippen molar-refractivity contribution in [3.8, 4) is 0 Å². The van der Waals surface area contributed by atoms with Crippen LogP contribution in [0.5, 0.6) is 0 Å². The molecule has 0 heterocycles. The van der Waals surface area contributed by atoms with Gasteiger partial charge in [-0.3, -0.25) is 0 Å². The summed E-state index contributed by atoms with van der Waals surface area (Å²) in [6.45, 7) is 9.36. The molecule has 0 aliphatic heterocycles. The fourth-order valence-corrected chi connectivity index (χ4v) is 12.5. The summed E-state index contributed by atoms with van der Waals surface area (Å²) in [5.74, 6) is 3.43. The molecule has 7 N–H and O–H groups in total.